The molecule has 8 heteroatoms. The molecule has 0 radical (unpaired) electrons. The number of ether oxygens (including phenoxy) is 2. The SMILES string of the molecule is O=C(N[C@@H]1CCN(Cc2cscn2)C[C@H]1O)c1ccc2c(c1)OCCO2. The topological polar surface area (TPSA) is 83.9 Å². The number of likely N-dealkylation sites (tertiary alicyclic amines) is 1. The molecule has 4 rings (SSSR count). The molecule has 0 aliphatic carbocycles. The van der Waals surface area contributed by atoms with Crippen LogP contribution in [0, 0.1) is 0 Å². The van der Waals surface area contributed by atoms with Crippen molar-refractivity contribution < 1.29 is 19.4 Å². The van der Waals surface area contributed by atoms with Gasteiger partial charge in [0.1, 0.15) is 13.2 Å². The van der Waals surface area contributed by atoms with Gasteiger partial charge in [-0.25, -0.2) is 4.98 Å². The Labute approximate surface area is 155 Å². The summed E-state index contributed by atoms with van der Waals surface area (Å²) in [7, 11) is 0. The Kier molecular flexibility index (Phi) is 5.05. The predicted octanol–water partition coefficient (Wildman–Crippen LogP) is 1.28. The first-order valence-corrected chi connectivity index (χ1v) is 9.61. The summed E-state index contributed by atoms with van der Waals surface area (Å²) < 4.78 is 11.0. The number of piperidine rings is 1. The van der Waals surface area contributed by atoms with E-state index in [-0.39, 0.29) is 11.9 Å². The molecule has 0 bridgehead atoms. The summed E-state index contributed by atoms with van der Waals surface area (Å²) in [6.45, 7) is 3.05. The molecule has 138 valence electrons. The van der Waals surface area contributed by atoms with Gasteiger partial charge in [0.15, 0.2) is 11.5 Å². The van der Waals surface area contributed by atoms with Gasteiger partial charge >= 0.3 is 0 Å². The van der Waals surface area contributed by atoms with E-state index in [0.717, 1.165) is 18.8 Å². The maximum absolute atomic E-state index is 12.5. The second-order valence-corrected chi connectivity index (χ2v) is 7.23. The van der Waals surface area contributed by atoms with E-state index < -0.39 is 6.10 Å². The normalized spacial score (nSPS) is 22.8. The molecule has 0 unspecified atom stereocenters. The highest BCUT2D eigenvalue weighted by Crippen LogP contribution is 2.30. The van der Waals surface area contributed by atoms with Crippen molar-refractivity contribution in [3.63, 3.8) is 0 Å². The van der Waals surface area contributed by atoms with Gasteiger partial charge in [0.05, 0.1) is 23.4 Å². The summed E-state index contributed by atoms with van der Waals surface area (Å²) in [5.74, 6) is 1.03. The van der Waals surface area contributed by atoms with E-state index in [9.17, 15) is 9.90 Å². The van der Waals surface area contributed by atoms with Gasteiger partial charge < -0.3 is 19.9 Å². The second-order valence-electron chi connectivity index (χ2n) is 6.51. The van der Waals surface area contributed by atoms with Crippen LogP contribution in [0.2, 0.25) is 0 Å². The van der Waals surface area contributed by atoms with E-state index >= 15 is 0 Å². The molecule has 1 aromatic heterocycles. The first-order valence-electron chi connectivity index (χ1n) is 8.67. The van der Waals surface area contributed by atoms with Gasteiger partial charge in [-0.15, -0.1) is 11.3 Å². The number of aliphatic hydroxyl groups excluding tert-OH is 1. The Hall–Kier alpha value is -2.16. The minimum absolute atomic E-state index is 0.209. The number of hydrogen-bond donors (Lipinski definition) is 2. The van der Waals surface area contributed by atoms with Crippen molar-refractivity contribution in [3.05, 3.63) is 40.3 Å². The maximum atomic E-state index is 12.5. The van der Waals surface area contributed by atoms with Crippen LogP contribution < -0.4 is 14.8 Å². The Morgan fingerprint density at radius 3 is 2.96 bits per heavy atom. The highest BCUT2D eigenvalue weighted by molar-refractivity contribution is 7.07. The number of aliphatic hydroxyl groups is 1. The minimum Gasteiger partial charge on any atom is -0.486 e. The van der Waals surface area contributed by atoms with E-state index in [4.69, 9.17) is 9.47 Å². The summed E-state index contributed by atoms with van der Waals surface area (Å²) in [4.78, 5) is 19.0. The van der Waals surface area contributed by atoms with Crippen molar-refractivity contribution >= 4 is 17.2 Å². The van der Waals surface area contributed by atoms with E-state index in [1.807, 2.05) is 10.9 Å². The van der Waals surface area contributed by atoms with Crippen molar-refractivity contribution in [2.75, 3.05) is 26.3 Å². The Bertz CT molecular complexity index is 768. The molecule has 0 spiro atoms. The van der Waals surface area contributed by atoms with Crippen LogP contribution in [-0.4, -0.2) is 59.3 Å². The van der Waals surface area contributed by atoms with Gasteiger partial charge in [-0.05, 0) is 24.6 Å². The van der Waals surface area contributed by atoms with Crippen LogP contribution >= 0.6 is 11.3 Å². The average molecular weight is 375 g/mol. The minimum atomic E-state index is -0.608. The summed E-state index contributed by atoms with van der Waals surface area (Å²) in [6, 6.07) is 4.89. The van der Waals surface area contributed by atoms with E-state index in [1.54, 1.807) is 29.5 Å². The van der Waals surface area contributed by atoms with Gasteiger partial charge in [0.25, 0.3) is 5.91 Å². The summed E-state index contributed by atoms with van der Waals surface area (Å²) in [5, 5.41) is 15.4. The zero-order valence-corrected chi connectivity index (χ0v) is 15.1. The number of nitrogens with one attached hydrogen (secondary N) is 1. The number of rotatable bonds is 4. The van der Waals surface area contributed by atoms with Crippen LogP contribution in [0.25, 0.3) is 0 Å². The molecule has 3 heterocycles. The number of amides is 1. The molecule has 1 saturated heterocycles. The third-order valence-corrected chi connectivity index (χ3v) is 5.29. The Morgan fingerprint density at radius 2 is 2.19 bits per heavy atom. The second kappa shape index (κ2) is 7.61. The zero-order valence-electron chi connectivity index (χ0n) is 14.3. The molecular weight excluding hydrogens is 354 g/mol. The lowest BCUT2D eigenvalue weighted by Crippen LogP contribution is -2.53. The lowest BCUT2D eigenvalue weighted by molar-refractivity contribution is 0.0346. The number of thiazole rings is 1. The molecule has 2 aliphatic rings. The maximum Gasteiger partial charge on any atom is 0.251 e. The highest BCUT2D eigenvalue weighted by Gasteiger charge is 2.29. The fraction of sp³-hybridized carbons (Fsp3) is 0.444. The van der Waals surface area contributed by atoms with E-state index in [2.05, 4.69) is 15.2 Å². The number of carbonyl (C=O) groups is 1. The van der Waals surface area contributed by atoms with Crippen LogP contribution in [0.15, 0.2) is 29.1 Å². The number of benzene rings is 1. The number of fused-ring (bicyclic) bond motifs is 1. The van der Waals surface area contributed by atoms with E-state index in [0.29, 0.717) is 43.2 Å². The van der Waals surface area contributed by atoms with Crippen LogP contribution in [-0.2, 0) is 6.54 Å². The molecule has 2 atom stereocenters. The van der Waals surface area contributed by atoms with Crippen molar-refractivity contribution in [1.29, 1.82) is 0 Å². The monoisotopic (exact) mass is 375 g/mol. The molecule has 0 saturated carbocycles. The predicted molar refractivity (Wildman–Crippen MR) is 96.7 cm³/mol. The lowest BCUT2D eigenvalue weighted by Gasteiger charge is -2.36. The van der Waals surface area contributed by atoms with Crippen molar-refractivity contribution in [2.45, 2.75) is 25.1 Å². The molecule has 2 aromatic rings. The van der Waals surface area contributed by atoms with Crippen molar-refractivity contribution in [2.24, 2.45) is 0 Å². The first kappa shape index (κ1) is 17.3. The van der Waals surface area contributed by atoms with Crippen molar-refractivity contribution in [3.8, 4) is 11.5 Å². The molecule has 2 aliphatic heterocycles. The average Bonchev–Trinajstić information content (AvgIpc) is 3.16. The lowest BCUT2D eigenvalue weighted by atomic mass is 10.0. The molecule has 1 fully saturated rings. The molecular formula is C18H21N3O4S. The van der Waals surface area contributed by atoms with Crippen LogP contribution in [0.4, 0.5) is 0 Å². The molecule has 1 amide bonds. The molecule has 2 N–H and O–H groups in total. The summed E-state index contributed by atoms with van der Waals surface area (Å²) in [6.07, 6.45) is 0.0882. The van der Waals surface area contributed by atoms with Crippen LogP contribution in [0.3, 0.4) is 0 Å². The van der Waals surface area contributed by atoms with Gasteiger partial charge in [-0.3, -0.25) is 9.69 Å². The van der Waals surface area contributed by atoms with Crippen LogP contribution in [0.5, 0.6) is 11.5 Å². The largest absolute Gasteiger partial charge is 0.486 e. The van der Waals surface area contributed by atoms with Gasteiger partial charge in [0.2, 0.25) is 0 Å². The number of β-amino-alcohol motifs (C(OH)–C–C–N with tert-alkyl or cyclic N) is 1. The number of hydrogen-bond acceptors (Lipinski definition) is 7. The van der Waals surface area contributed by atoms with Crippen molar-refractivity contribution in [1.82, 2.24) is 15.2 Å². The summed E-state index contributed by atoms with van der Waals surface area (Å²) >= 11 is 1.57. The van der Waals surface area contributed by atoms with E-state index in [1.165, 1.54) is 0 Å². The fourth-order valence-electron chi connectivity index (χ4n) is 3.29. The van der Waals surface area contributed by atoms with Gasteiger partial charge in [-0.2, -0.15) is 0 Å². The highest BCUT2D eigenvalue weighted by atomic mass is 32.1. The number of carbonyl (C=O) groups excluding carboxylic acids is 1. The zero-order chi connectivity index (χ0) is 17.9. The molecule has 26 heavy (non-hydrogen) atoms. The third kappa shape index (κ3) is 3.82. The number of aromatic nitrogens is 1. The van der Waals surface area contributed by atoms with Crippen LogP contribution in [0.1, 0.15) is 22.5 Å². The first-order chi connectivity index (χ1) is 12.7. The quantitative estimate of drug-likeness (QED) is 0.838. The third-order valence-electron chi connectivity index (χ3n) is 4.66. The number of nitrogens with zero attached hydrogens (tertiary/aromatic N) is 2. The smallest absolute Gasteiger partial charge is 0.251 e. The van der Waals surface area contributed by atoms with Gasteiger partial charge in [-0.1, -0.05) is 0 Å². The van der Waals surface area contributed by atoms with Gasteiger partial charge in [0, 0.05) is 30.6 Å². The summed E-state index contributed by atoms with van der Waals surface area (Å²) in [5.41, 5.74) is 3.33. The molecule has 7 nitrogen and oxygen atoms in total. The fourth-order valence-corrected chi connectivity index (χ4v) is 3.84. The standard InChI is InChI=1S/C18H21N3O4S/c22-15-9-21(8-13-10-26-11-19-13)4-3-14(15)20-18(23)12-1-2-16-17(7-12)25-6-5-24-16/h1-2,7,10-11,14-15,22H,3-6,8-9H2,(H,20,23)/t14-,15-/m1/s1. The molecule has 1 aromatic carbocycles. The Balaban J connectivity index is 1.34. The Morgan fingerprint density at radius 1 is 1.35 bits per heavy atom.